The molecule has 0 heterocycles. The minimum Gasteiger partial charge on any atom is -0.221 e. The summed E-state index contributed by atoms with van der Waals surface area (Å²) in [7, 11) is 0. The summed E-state index contributed by atoms with van der Waals surface area (Å²) in [5, 5.41) is -7.59. The van der Waals surface area contributed by atoms with Gasteiger partial charge in [0.25, 0.3) is 0 Å². The Morgan fingerprint density at radius 1 is 0.346 bits per heavy atom. The summed E-state index contributed by atoms with van der Waals surface area (Å²) in [6.45, 7) is 0. The van der Waals surface area contributed by atoms with Crippen molar-refractivity contribution < 1.29 is 74.6 Å². The number of hydrogen-bond acceptors (Lipinski definition) is 0. The minimum absolute atomic E-state index is 3.33. The van der Waals surface area contributed by atoms with Crippen LogP contribution in [0.1, 0.15) is 0 Å². The van der Waals surface area contributed by atoms with E-state index >= 15 is 0 Å². The Morgan fingerprint density at radius 2 is 0.654 bits per heavy atom. The maximum absolute atomic E-state index is 13.5. The molecular weight excluding hydrogens is 455 g/mol. The lowest BCUT2D eigenvalue weighted by molar-refractivity contribution is -0.450. The van der Waals surface area contributed by atoms with Gasteiger partial charge < -0.3 is 0 Å². The fourth-order valence-electron chi connectivity index (χ4n) is 1.34. The zero-order valence-corrected chi connectivity index (χ0v) is 11.6. The molecule has 2 unspecified atom stereocenters. The first kappa shape index (κ1) is 25.1. The van der Waals surface area contributed by atoms with Crippen LogP contribution in [-0.2, 0) is 0 Å². The quantitative estimate of drug-likeness (QED) is 0.351. The summed E-state index contributed by atoms with van der Waals surface area (Å²) in [6, 6.07) is 0. The zero-order valence-electron chi connectivity index (χ0n) is 10.8. The fourth-order valence-corrected chi connectivity index (χ4v) is 1.57. The lowest BCUT2D eigenvalue weighted by atomic mass is 9.83. The minimum atomic E-state index is -8.71. The van der Waals surface area contributed by atoms with Crippen LogP contribution >= 0.6 is 11.6 Å². The van der Waals surface area contributed by atoms with E-state index < -0.39 is 47.1 Å². The largest absolute Gasteiger partial charge is 0.460 e. The van der Waals surface area contributed by atoms with Crippen molar-refractivity contribution in [3.05, 3.63) is 0 Å². The molecule has 0 spiro atoms. The molecule has 26 heavy (non-hydrogen) atoms. The Hall–Kier alpha value is -0.900. The van der Waals surface area contributed by atoms with Gasteiger partial charge in [0.05, 0.1) is 0 Å². The summed E-state index contributed by atoms with van der Waals surface area (Å²) >= 11 is 3.33. The predicted molar refractivity (Wildman–Crippen MR) is 46.5 cm³/mol. The van der Waals surface area contributed by atoms with Crippen molar-refractivity contribution in [2.24, 2.45) is 0 Å². The summed E-state index contributed by atoms with van der Waals surface area (Å²) in [5.74, 6) is -25.5. The third-order valence-electron chi connectivity index (χ3n) is 2.76. The predicted octanol–water partition coefficient (Wildman–Crippen LogP) is 6.19. The van der Waals surface area contributed by atoms with Gasteiger partial charge in [-0.05, 0) is 0 Å². The molecule has 0 saturated heterocycles. The highest BCUT2D eigenvalue weighted by Gasteiger charge is 2.97. The van der Waals surface area contributed by atoms with Crippen LogP contribution in [0.25, 0.3) is 0 Å². The van der Waals surface area contributed by atoms with Gasteiger partial charge in [0.2, 0.25) is 0 Å². The molecule has 18 heteroatoms. The standard InChI is InChI=1S/C8ClF17/c9-2(11,7(21,22)23)1(10,6(18,19)20)3(12,13)4(14,15)5(16,17)8(24,25)26. The van der Waals surface area contributed by atoms with E-state index in [-0.39, 0.29) is 0 Å². The average Bonchev–Trinajstić information content (AvgIpc) is 2.32. The van der Waals surface area contributed by atoms with Crippen molar-refractivity contribution >= 4 is 11.6 Å². The molecule has 0 saturated carbocycles. The van der Waals surface area contributed by atoms with Crippen LogP contribution < -0.4 is 0 Å². The number of rotatable bonds is 4. The van der Waals surface area contributed by atoms with Gasteiger partial charge in [0.1, 0.15) is 0 Å². The van der Waals surface area contributed by atoms with E-state index in [9.17, 15) is 74.6 Å². The lowest BCUT2D eigenvalue weighted by Crippen LogP contribution is -2.77. The first-order valence-electron chi connectivity index (χ1n) is 5.15. The second-order valence-corrected chi connectivity index (χ2v) is 4.97. The Morgan fingerprint density at radius 3 is 0.846 bits per heavy atom. The highest BCUT2D eigenvalue weighted by atomic mass is 35.5. The topological polar surface area (TPSA) is 0 Å². The van der Waals surface area contributed by atoms with E-state index in [1.807, 2.05) is 0 Å². The van der Waals surface area contributed by atoms with Gasteiger partial charge in [-0.15, -0.1) is 0 Å². The van der Waals surface area contributed by atoms with Crippen LogP contribution in [0.3, 0.4) is 0 Å². The SMILES string of the molecule is FC(F)(F)C(F)(F)C(F)(F)C(F)(F)C(F)(C(F)(F)F)C(F)(Cl)C(F)(F)F. The van der Waals surface area contributed by atoms with E-state index in [1.165, 1.54) is 0 Å². The van der Waals surface area contributed by atoms with E-state index in [4.69, 9.17) is 0 Å². The van der Waals surface area contributed by atoms with Gasteiger partial charge in [-0.25, -0.2) is 8.78 Å². The van der Waals surface area contributed by atoms with Crippen LogP contribution in [0, 0.1) is 0 Å². The monoisotopic (exact) mass is 454 g/mol. The van der Waals surface area contributed by atoms with E-state index in [0.717, 1.165) is 0 Å². The number of alkyl halides is 18. The molecule has 0 aliphatic carbocycles. The Kier molecular flexibility index (Phi) is 5.60. The molecule has 0 aliphatic rings. The van der Waals surface area contributed by atoms with E-state index in [0.29, 0.717) is 0 Å². The molecule has 0 radical (unpaired) electrons. The van der Waals surface area contributed by atoms with Crippen LogP contribution in [0.4, 0.5) is 74.6 Å². The second kappa shape index (κ2) is 5.80. The molecular formula is C8ClF17. The molecule has 0 aromatic heterocycles. The molecule has 0 fully saturated rings. The fraction of sp³-hybridized carbons (Fsp3) is 1.00. The zero-order chi connectivity index (χ0) is 22.0. The summed E-state index contributed by atoms with van der Waals surface area (Å²) < 4.78 is 212. The van der Waals surface area contributed by atoms with Crippen molar-refractivity contribution in [3.63, 3.8) is 0 Å². The average molecular weight is 455 g/mol. The van der Waals surface area contributed by atoms with Crippen molar-refractivity contribution in [1.29, 1.82) is 0 Å². The normalized spacial score (nSPS) is 20.5. The maximum Gasteiger partial charge on any atom is 0.460 e. The van der Waals surface area contributed by atoms with Gasteiger partial charge in [-0.3, -0.25) is 0 Å². The molecule has 0 N–H and O–H groups in total. The third-order valence-corrected chi connectivity index (χ3v) is 3.23. The van der Waals surface area contributed by atoms with Crippen LogP contribution in [0.2, 0.25) is 0 Å². The summed E-state index contributed by atoms with van der Waals surface area (Å²) in [6.07, 6.45) is -23.6. The number of halogens is 18. The molecule has 2 atom stereocenters. The maximum atomic E-state index is 13.5. The van der Waals surface area contributed by atoms with Crippen molar-refractivity contribution in [2.75, 3.05) is 0 Å². The number of hydrogen-bond donors (Lipinski definition) is 0. The van der Waals surface area contributed by atoms with Crippen molar-refractivity contribution in [2.45, 2.75) is 47.1 Å². The molecule has 0 aliphatic heterocycles. The van der Waals surface area contributed by atoms with Gasteiger partial charge >= 0.3 is 47.1 Å². The van der Waals surface area contributed by atoms with Crippen LogP contribution in [0.15, 0.2) is 0 Å². The first-order chi connectivity index (χ1) is 10.8. The molecule has 0 amide bonds. The Balaban J connectivity index is 7.03. The molecule has 0 aromatic rings. The molecule has 0 nitrogen and oxygen atoms in total. The smallest absolute Gasteiger partial charge is 0.221 e. The molecule has 0 rings (SSSR count). The summed E-state index contributed by atoms with van der Waals surface area (Å²) in [5.41, 5.74) is -8.47. The van der Waals surface area contributed by atoms with Crippen LogP contribution in [0.5, 0.6) is 0 Å². The van der Waals surface area contributed by atoms with E-state index in [2.05, 4.69) is 11.6 Å². The summed E-state index contributed by atoms with van der Waals surface area (Å²) in [4.78, 5) is 0. The highest BCUT2D eigenvalue weighted by Crippen LogP contribution is 2.66. The molecule has 0 bridgehead atoms. The van der Waals surface area contributed by atoms with E-state index in [1.54, 1.807) is 0 Å². The van der Waals surface area contributed by atoms with Gasteiger partial charge in [0, 0.05) is 0 Å². The van der Waals surface area contributed by atoms with Gasteiger partial charge in [0.15, 0.2) is 0 Å². The van der Waals surface area contributed by atoms with Gasteiger partial charge in [-0.1, -0.05) is 11.6 Å². The highest BCUT2D eigenvalue weighted by molar-refractivity contribution is 6.24. The molecule has 0 aromatic carbocycles. The Bertz CT molecular complexity index is 520. The Labute approximate surface area is 134 Å². The van der Waals surface area contributed by atoms with Gasteiger partial charge in [-0.2, -0.15) is 65.9 Å². The first-order valence-corrected chi connectivity index (χ1v) is 5.53. The van der Waals surface area contributed by atoms with Crippen molar-refractivity contribution in [1.82, 2.24) is 0 Å². The van der Waals surface area contributed by atoms with Crippen molar-refractivity contribution in [3.8, 4) is 0 Å². The lowest BCUT2D eigenvalue weighted by Gasteiger charge is -2.45. The third kappa shape index (κ3) is 2.93. The molecule has 158 valence electrons. The second-order valence-electron chi connectivity index (χ2n) is 4.45. The van der Waals surface area contributed by atoms with Crippen LogP contribution in [-0.4, -0.2) is 47.1 Å².